The molecule has 170 valence electrons. The summed E-state index contributed by atoms with van der Waals surface area (Å²) in [5.41, 5.74) is 0.785. The van der Waals surface area contributed by atoms with Crippen molar-refractivity contribution in [2.75, 3.05) is 0 Å². The summed E-state index contributed by atoms with van der Waals surface area (Å²) in [5.74, 6) is 0.776. The molecule has 1 N–H and O–H groups in total. The van der Waals surface area contributed by atoms with Gasteiger partial charge in [0.05, 0.1) is 17.9 Å². The summed E-state index contributed by atoms with van der Waals surface area (Å²) >= 11 is 0. The van der Waals surface area contributed by atoms with Crippen LogP contribution in [0.15, 0.2) is 23.8 Å². The van der Waals surface area contributed by atoms with Crippen molar-refractivity contribution in [1.82, 2.24) is 0 Å². The third kappa shape index (κ3) is 6.46. The summed E-state index contributed by atoms with van der Waals surface area (Å²) in [6, 6.07) is 0. The molecule has 0 aromatic heterocycles. The first-order valence-corrected chi connectivity index (χ1v) is 11.6. The molecule has 0 radical (unpaired) electrons. The van der Waals surface area contributed by atoms with Crippen molar-refractivity contribution >= 4 is 11.9 Å². The first-order valence-electron chi connectivity index (χ1n) is 11.6. The van der Waals surface area contributed by atoms with E-state index >= 15 is 0 Å². The maximum atomic E-state index is 12.9. The van der Waals surface area contributed by atoms with Crippen LogP contribution in [-0.4, -0.2) is 35.4 Å². The van der Waals surface area contributed by atoms with Gasteiger partial charge in [0.25, 0.3) is 0 Å². The zero-order valence-electron chi connectivity index (χ0n) is 21.1. The fraction of sp³-hybridized carbons (Fsp3) is 0.760. The second kappa shape index (κ2) is 11.0. The smallest absolute Gasteiger partial charge is 1.00 e. The zero-order valence-corrected chi connectivity index (χ0v) is 22.1. The molecule has 0 aromatic rings. The van der Waals surface area contributed by atoms with Gasteiger partial charge < -0.3 is 16.0 Å². The van der Waals surface area contributed by atoms with Crippen LogP contribution in [0.2, 0.25) is 0 Å². The van der Waals surface area contributed by atoms with E-state index in [1.54, 1.807) is 0 Å². The molecule has 31 heavy (non-hydrogen) atoms. The average molecular weight is 443 g/mol. The molecule has 1 saturated heterocycles. The quantitative estimate of drug-likeness (QED) is 0.501. The van der Waals surface area contributed by atoms with Gasteiger partial charge in [-0.1, -0.05) is 39.0 Å². The summed E-state index contributed by atoms with van der Waals surface area (Å²) in [7, 11) is 0. The molecule has 0 unspecified atom stereocenters. The van der Waals surface area contributed by atoms with Gasteiger partial charge in [-0.25, -0.2) is 0 Å². The van der Waals surface area contributed by atoms with Gasteiger partial charge in [0.2, 0.25) is 0 Å². The molecule has 1 aliphatic heterocycles. The molecule has 0 bridgehead atoms. The minimum atomic E-state index is -0.601. The number of aliphatic hydroxyl groups is 1. The fourth-order valence-corrected chi connectivity index (χ4v) is 5.08. The Balaban J connectivity index is 0.00000256. The number of hydrogen-bond donors (Lipinski definition) is 1. The van der Waals surface area contributed by atoms with Crippen molar-refractivity contribution in [3.05, 3.63) is 23.8 Å². The topological polar surface area (TPSA) is 72.8 Å². The summed E-state index contributed by atoms with van der Waals surface area (Å²) < 4.78 is 11.6. The van der Waals surface area contributed by atoms with Crippen molar-refractivity contribution in [1.29, 1.82) is 0 Å². The van der Waals surface area contributed by atoms with Gasteiger partial charge in [0.1, 0.15) is 12.2 Å². The third-order valence-electron chi connectivity index (χ3n) is 7.35. The largest absolute Gasteiger partial charge is 1.00 e. The molecule has 0 spiro atoms. The van der Waals surface area contributed by atoms with E-state index < -0.39 is 11.5 Å². The van der Waals surface area contributed by atoms with E-state index in [9.17, 15) is 14.7 Å². The Hall–Kier alpha value is -0.620. The summed E-state index contributed by atoms with van der Waals surface area (Å²) in [6.07, 6.45) is 9.61. The second-order valence-electron chi connectivity index (χ2n) is 10.3. The van der Waals surface area contributed by atoms with Crippen LogP contribution < -0.4 is 29.6 Å². The summed E-state index contributed by atoms with van der Waals surface area (Å²) in [5, 5.41) is 9.92. The predicted molar refractivity (Wildman–Crippen MR) is 117 cm³/mol. The molecular weight excluding hydrogens is 403 g/mol. The molecule has 5 nitrogen and oxygen atoms in total. The molecule has 0 amide bonds. The van der Waals surface area contributed by atoms with E-state index in [-0.39, 0.29) is 67.5 Å². The van der Waals surface area contributed by atoms with Crippen LogP contribution in [0.3, 0.4) is 0 Å². The monoisotopic (exact) mass is 442 g/mol. The molecule has 3 aliphatic rings. The van der Waals surface area contributed by atoms with Gasteiger partial charge >= 0.3 is 41.5 Å². The third-order valence-corrected chi connectivity index (χ3v) is 7.35. The molecule has 0 saturated carbocycles. The first kappa shape index (κ1) is 26.6. The van der Waals surface area contributed by atoms with E-state index in [0.717, 1.165) is 25.7 Å². The molecule has 1 heterocycles. The van der Waals surface area contributed by atoms with Gasteiger partial charge in [-0.3, -0.25) is 9.59 Å². The predicted octanol–water partition coefficient (Wildman–Crippen LogP) is 1.70. The number of allylic oxidation sites excluding steroid dienone is 3. The molecule has 7 atom stereocenters. The number of fused-ring (bicyclic) bond motifs is 1. The van der Waals surface area contributed by atoms with Crippen molar-refractivity contribution in [2.24, 2.45) is 29.1 Å². The Morgan fingerprint density at radius 3 is 2.65 bits per heavy atom. The van der Waals surface area contributed by atoms with E-state index in [0.29, 0.717) is 24.2 Å². The number of hydrogen-bond acceptors (Lipinski definition) is 5. The molecular formula is C25H39NaO5. The maximum Gasteiger partial charge on any atom is 1.00 e. The van der Waals surface area contributed by atoms with E-state index in [4.69, 9.17) is 9.47 Å². The van der Waals surface area contributed by atoms with Crippen LogP contribution >= 0.6 is 0 Å². The number of ether oxygens (including phenoxy) is 2. The number of esters is 2. The van der Waals surface area contributed by atoms with Crippen molar-refractivity contribution in [2.45, 2.75) is 91.5 Å². The van der Waals surface area contributed by atoms with Gasteiger partial charge in [-0.05, 0) is 62.9 Å². The number of carbonyl (C=O) groups excluding carboxylic acids is 2. The number of cyclic esters (lactones) is 1. The SMILES string of the molecule is CCC(C)(C)C(=O)O[C@H]1C[C@@H](C)C=C2C=C[C@H](C)[C@H](CC[C@@H]3C[C@@H](O)CC(=O)O3)[C@H]21.[H-].[Na+]. The Kier molecular flexibility index (Phi) is 9.45. The minimum absolute atomic E-state index is 0. The van der Waals surface area contributed by atoms with Gasteiger partial charge in [0.15, 0.2) is 0 Å². The molecule has 6 heteroatoms. The first-order chi connectivity index (χ1) is 14.1. The van der Waals surface area contributed by atoms with E-state index in [2.05, 4.69) is 32.1 Å². The molecule has 0 aromatic carbocycles. The van der Waals surface area contributed by atoms with Gasteiger partial charge in [0, 0.05) is 12.3 Å². The van der Waals surface area contributed by atoms with Crippen LogP contribution in [-0.2, 0) is 19.1 Å². The molecule has 2 aliphatic carbocycles. The number of rotatable bonds is 6. The van der Waals surface area contributed by atoms with Gasteiger partial charge in [-0.15, -0.1) is 0 Å². The molecule has 3 rings (SSSR count). The fourth-order valence-electron chi connectivity index (χ4n) is 5.08. The van der Waals surface area contributed by atoms with Crippen LogP contribution in [0.4, 0.5) is 0 Å². The van der Waals surface area contributed by atoms with Crippen LogP contribution in [0, 0.1) is 29.1 Å². The van der Waals surface area contributed by atoms with E-state index in [1.807, 2.05) is 20.8 Å². The standard InChI is InChI=1S/C25H38O5.Na.H/c1-6-25(4,5)24(28)30-21-12-15(2)11-17-8-7-16(3)20(23(17)21)10-9-19-13-18(26)14-22(27)29-19;;/h7-8,11,15-16,18-21,23,26H,6,9-10,12-14H2,1-5H3;;/q;+1;-1/t15-,16-,18+,19+,20-,21-,23-;;/m0../s1. The average Bonchev–Trinajstić information content (AvgIpc) is 2.66. The number of carbonyl (C=O) groups is 2. The van der Waals surface area contributed by atoms with Crippen molar-refractivity contribution in [3.8, 4) is 0 Å². The van der Waals surface area contributed by atoms with E-state index in [1.165, 1.54) is 5.57 Å². The molecule has 1 fully saturated rings. The Labute approximate surface area is 210 Å². The van der Waals surface area contributed by atoms with Crippen LogP contribution in [0.25, 0.3) is 0 Å². The van der Waals surface area contributed by atoms with Crippen LogP contribution in [0.1, 0.15) is 74.6 Å². The minimum Gasteiger partial charge on any atom is -1.00 e. The summed E-state index contributed by atoms with van der Waals surface area (Å²) in [4.78, 5) is 24.6. The Morgan fingerprint density at radius 2 is 2.00 bits per heavy atom. The Bertz CT molecular complexity index is 719. The van der Waals surface area contributed by atoms with Crippen molar-refractivity contribution in [3.63, 3.8) is 0 Å². The van der Waals surface area contributed by atoms with Gasteiger partial charge in [-0.2, -0.15) is 0 Å². The number of aliphatic hydroxyl groups excluding tert-OH is 1. The zero-order chi connectivity index (χ0) is 22.1. The maximum absolute atomic E-state index is 12.9. The van der Waals surface area contributed by atoms with Crippen LogP contribution in [0.5, 0.6) is 0 Å². The van der Waals surface area contributed by atoms with Crippen molar-refractivity contribution < 1.29 is 55.2 Å². The second-order valence-corrected chi connectivity index (χ2v) is 10.3. The summed E-state index contributed by atoms with van der Waals surface area (Å²) in [6.45, 7) is 10.3. The normalized spacial score (nSPS) is 35.4. The Morgan fingerprint density at radius 1 is 1.29 bits per heavy atom.